The third-order valence-electron chi connectivity index (χ3n) is 5.03. The molecule has 4 heteroatoms. The molecule has 1 aliphatic carbocycles. The number of aromatic amines is 1. The molecule has 0 bridgehead atoms. The van der Waals surface area contributed by atoms with Gasteiger partial charge in [-0.15, -0.1) is 0 Å². The van der Waals surface area contributed by atoms with Gasteiger partial charge in [0.15, 0.2) is 0 Å². The van der Waals surface area contributed by atoms with Gasteiger partial charge in [0.1, 0.15) is 0 Å². The number of nitrogens with zero attached hydrogens (tertiary/aromatic N) is 1. The molecule has 1 saturated heterocycles. The maximum absolute atomic E-state index is 10.8. The molecule has 104 valence electrons. The second kappa shape index (κ2) is 4.35. The van der Waals surface area contributed by atoms with Crippen molar-refractivity contribution in [3.63, 3.8) is 0 Å². The number of hydrogen-bond donors (Lipinski definition) is 2. The third-order valence-corrected chi connectivity index (χ3v) is 5.03. The molecule has 2 aromatic rings. The van der Waals surface area contributed by atoms with Crippen molar-refractivity contribution in [3.05, 3.63) is 35.5 Å². The first kappa shape index (κ1) is 12.0. The lowest BCUT2D eigenvalue weighted by atomic mass is 9.74. The van der Waals surface area contributed by atoms with E-state index in [2.05, 4.69) is 46.6 Å². The van der Waals surface area contributed by atoms with Crippen molar-refractivity contribution in [2.45, 2.75) is 30.8 Å². The van der Waals surface area contributed by atoms with Crippen LogP contribution in [0.15, 0.2) is 24.4 Å². The van der Waals surface area contributed by atoms with Gasteiger partial charge in [0.05, 0.1) is 0 Å². The van der Waals surface area contributed by atoms with E-state index in [-0.39, 0.29) is 6.04 Å². The van der Waals surface area contributed by atoms with Crippen LogP contribution in [0.3, 0.4) is 0 Å². The summed E-state index contributed by atoms with van der Waals surface area (Å²) in [5, 5.41) is 4.38. The summed E-state index contributed by atoms with van der Waals surface area (Å²) in [6.45, 7) is 0.940. The van der Waals surface area contributed by atoms with Crippen molar-refractivity contribution < 1.29 is 4.79 Å². The molecule has 1 amide bonds. The Morgan fingerprint density at radius 2 is 2.35 bits per heavy atom. The maximum atomic E-state index is 10.8. The van der Waals surface area contributed by atoms with Gasteiger partial charge >= 0.3 is 0 Å². The molecule has 2 aliphatic rings. The smallest absolute Gasteiger partial charge is 0.207 e. The van der Waals surface area contributed by atoms with E-state index in [1.54, 1.807) is 0 Å². The second-order valence-electron chi connectivity index (χ2n) is 6.12. The van der Waals surface area contributed by atoms with Gasteiger partial charge in [-0.3, -0.25) is 4.79 Å². The Labute approximate surface area is 118 Å². The van der Waals surface area contributed by atoms with Crippen LogP contribution in [0.4, 0.5) is 0 Å². The number of hydrogen-bond acceptors (Lipinski definition) is 2. The van der Waals surface area contributed by atoms with Crippen LogP contribution >= 0.6 is 0 Å². The van der Waals surface area contributed by atoms with Crippen LogP contribution < -0.4 is 5.32 Å². The zero-order chi connectivity index (χ0) is 13.7. The van der Waals surface area contributed by atoms with Crippen LogP contribution in [0.1, 0.15) is 23.5 Å². The molecule has 2 N–H and O–H groups in total. The lowest BCUT2D eigenvalue weighted by Gasteiger charge is -2.45. The summed E-state index contributed by atoms with van der Waals surface area (Å²) >= 11 is 0. The summed E-state index contributed by atoms with van der Waals surface area (Å²) in [7, 11) is 2.17. The highest BCUT2D eigenvalue weighted by Gasteiger charge is 2.39. The van der Waals surface area contributed by atoms with Crippen LogP contribution in [-0.2, 0) is 11.2 Å². The number of likely N-dealkylation sites (tertiary alicyclic amines) is 1. The average molecular weight is 269 g/mol. The van der Waals surface area contributed by atoms with Crippen LogP contribution in [0.25, 0.3) is 10.9 Å². The molecule has 1 fully saturated rings. The van der Waals surface area contributed by atoms with Crippen molar-refractivity contribution in [2.75, 3.05) is 13.6 Å². The van der Waals surface area contributed by atoms with Gasteiger partial charge in [0, 0.05) is 41.6 Å². The number of fused-ring (bicyclic) bond motifs is 2. The summed E-state index contributed by atoms with van der Waals surface area (Å²) in [4.78, 5) is 16.6. The van der Waals surface area contributed by atoms with Crippen LogP contribution in [-0.4, -0.2) is 42.0 Å². The highest BCUT2D eigenvalue weighted by atomic mass is 16.1. The van der Waals surface area contributed by atoms with Crippen molar-refractivity contribution in [3.8, 4) is 0 Å². The van der Waals surface area contributed by atoms with Crippen LogP contribution in [0.2, 0.25) is 0 Å². The molecule has 1 unspecified atom stereocenters. The van der Waals surface area contributed by atoms with E-state index in [0.29, 0.717) is 12.0 Å². The minimum absolute atomic E-state index is 0.259. The number of piperidine rings is 1. The van der Waals surface area contributed by atoms with Gasteiger partial charge in [-0.1, -0.05) is 12.1 Å². The van der Waals surface area contributed by atoms with Gasteiger partial charge in [-0.2, -0.15) is 0 Å². The molecule has 1 aliphatic heterocycles. The minimum Gasteiger partial charge on any atom is -0.361 e. The second-order valence-corrected chi connectivity index (χ2v) is 6.12. The lowest BCUT2D eigenvalue weighted by molar-refractivity contribution is -0.110. The standard InChI is InChI=1S/C16H19N3O/c1-19-8-11(18-9-20)6-13-12-3-2-4-14-16(12)10(7-17-14)5-15(13)19/h2-4,7,9,11,13,15,17H,5-6,8H2,1H3,(H,18,20)/t11?,13-,15-/m1/s1. The fourth-order valence-corrected chi connectivity index (χ4v) is 4.16. The average Bonchev–Trinajstić information content (AvgIpc) is 2.86. The highest BCUT2D eigenvalue weighted by molar-refractivity contribution is 5.88. The Morgan fingerprint density at radius 1 is 1.45 bits per heavy atom. The van der Waals surface area contributed by atoms with Crippen molar-refractivity contribution >= 4 is 17.3 Å². The Balaban J connectivity index is 1.80. The van der Waals surface area contributed by atoms with Crippen LogP contribution in [0, 0.1) is 0 Å². The molecule has 2 heterocycles. The summed E-state index contributed by atoms with van der Waals surface area (Å²) < 4.78 is 0. The van der Waals surface area contributed by atoms with Gasteiger partial charge in [0.2, 0.25) is 6.41 Å². The predicted octanol–water partition coefficient (Wildman–Crippen LogP) is 1.63. The molecule has 1 aromatic heterocycles. The Morgan fingerprint density at radius 3 is 3.20 bits per heavy atom. The van der Waals surface area contributed by atoms with E-state index in [0.717, 1.165) is 25.8 Å². The number of carbonyl (C=O) groups excluding carboxylic acids is 1. The van der Waals surface area contributed by atoms with E-state index < -0.39 is 0 Å². The molecule has 0 spiro atoms. The molecule has 4 rings (SSSR count). The third kappa shape index (κ3) is 1.61. The number of amides is 1. The molecule has 0 saturated carbocycles. The maximum Gasteiger partial charge on any atom is 0.207 e. The van der Waals surface area contributed by atoms with E-state index in [4.69, 9.17) is 0 Å². The largest absolute Gasteiger partial charge is 0.361 e. The first-order chi connectivity index (χ1) is 9.78. The summed E-state index contributed by atoms with van der Waals surface area (Å²) in [5.41, 5.74) is 4.12. The predicted molar refractivity (Wildman–Crippen MR) is 78.8 cm³/mol. The Kier molecular flexibility index (Phi) is 2.60. The number of nitrogens with one attached hydrogen (secondary N) is 2. The van der Waals surface area contributed by atoms with Crippen molar-refractivity contribution in [2.24, 2.45) is 0 Å². The molecular weight excluding hydrogens is 250 g/mol. The van der Waals surface area contributed by atoms with Gasteiger partial charge in [-0.25, -0.2) is 0 Å². The van der Waals surface area contributed by atoms with Crippen LogP contribution in [0.5, 0.6) is 0 Å². The van der Waals surface area contributed by atoms with E-state index >= 15 is 0 Å². The van der Waals surface area contributed by atoms with Gasteiger partial charge < -0.3 is 15.2 Å². The first-order valence-corrected chi connectivity index (χ1v) is 7.26. The normalized spacial score (nSPS) is 29.1. The summed E-state index contributed by atoms with van der Waals surface area (Å²) in [6.07, 6.45) is 5.14. The fraction of sp³-hybridized carbons (Fsp3) is 0.438. The number of aromatic nitrogens is 1. The lowest BCUT2D eigenvalue weighted by Crippen LogP contribution is -2.53. The quantitative estimate of drug-likeness (QED) is 0.814. The number of benzene rings is 1. The van der Waals surface area contributed by atoms with E-state index in [9.17, 15) is 4.79 Å². The Hall–Kier alpha value is -1.81. The first-order valence-electron chi connectivity index (χ1n) is 7.26. The molecule has 3 atom stereocenters. The topological polar surface area (TPSA) is 48.1 Å². The molecule has 0 radical (unpaired) electrons. The number of carbonyl (C=O) groups is 1. The molecule has 20 heavy (non-hydrogen) atoms. The monoisotopic (exact) mass is 269 g/mol. The zero-order valence-corrected chi connectivity index (χ0v) is 11.6. The number of rotatable bonds is 2. The zero-order valence-electron chi connectivity index (χ0n) is 11.6. The van der Waals surface area contributed by atoms with Gasteiger partial charge in [0.25, 0.3) is 0 Å². The SMILES string of the molecule is CN1CC(NC=O)C[C@@H]2c3cccc4[nH]cc(c34)C[C@H]21. The summed E-state index contributed by atoms with van der Waals surface area (Å²) in [5.74, 6) is 0.512. The highest BCUT2D eigenvalue weighted by Crippen LogP contribution is 2.42. The van der Waals surface area contributed by atoms with Crippen molar-refractivity contribution in [1.29, 1.82) is 0 Å². The molecule has 4 nitrogen and oxygen atoms in total. The number of H-pyrrole nitrogens is 1. The Bertz CT molecular complexity index is 663. The molecular formula is C16H19N3O. The van der Waals surface area contributed by atoms with E-state index in [1.807, 2.05) is 0 Å². The number of likely N-dealkylation sites (N-methyl/N-ethyl adjacent to an activating group) is 1. The van der Waals surface area contributed by atoms with E-state index in [1.165, 1.54) is 22.0 Å². The molecule has 1 aromatic carbocycles. The fourth-order valence-electron chi connectivity index (χ4n) is 4.16. The minimum atomic E-state index is 0.259. The van der Waals surface area contributed by atoms with Crippen molar-refractivity contribution in [1.82, 2.24) is 15.2 Å². The van der Waals surface area contributed by atoms with Gasteiger partial charge in [-0.05, 0) is 37.1 Å². The summed E-state index contributed by atoms with van der Waals surface area (Å²) in [6, 6.07) is 7.35.